The zero-order chi connectivity index (χ0) is 18.1. The normalized spacial score (nSPS) is 14.4. The van der Waals surface area contributed by atoms with Crippen LogP contribution in [0.15, 0.2) is 23.1 Å². The van der Waals surface area contributed by atoms with Crippen LogP contribution in [0.25, 0.3) is 0 Å². The molecule has 1 atom stereocenters. The van der Waals surface area contributed by atoms with E-state index in [-0.39, 0.29) is 5.91 Å². The molecule has 0 spiro atoms. The third-order valence-electron chi connectivity index (χ3n) is 4.60. The molecule has 4 nitrogen and oxygen atoms in total. The van der Waals surface area contributed by atoms with E-state index in [1.807, 2.05) is 12.1 Å². The Morgan fingerprint density at radius 1 is 1.20 bits per heavy atom. The Kier molecular flexibility index (Phi) is 8.19. The van der Waals surface area contributed by atoms with E-state index in [4.69, 9.17) is 0 Å². The Hall–Kier alpha value is -1.62. The van der Waals surface area contributed by atoms with Crippen LogP contribution in [0.3, 0.4) is 0 Å². The van der Waals surface area contributed by atoms with Crippen molar-refractivity contribution in [1.29, 1.82) is 0 Å². The van der Waals surface area contributed by atoms with Crippen LogP contribution in [0.4, 0.5) is 0 Å². The maximum atomic E-state index is 12.6. The minimum absolute atomic E-state index is 0.0941. The molecule has 0 aromatic heterocycles. The number of carbonyl (C=O) groups excluding carboxylic acids is 3. The van der Waals surface area contributed by atoms with Crippen molar-refractivity contribution in [3.8, 4) is 0 Å². The molecule has 136 valence electrons. The molecule has 0 bridgehead atoms. The molecule has 0 saturated carbocycles. The lowest BCUT2D eigenvalue weighted by molar-refractivity contribution is -0.112. The summed E-state index contributed by atoms with van der Waals surface area (Å²) in [7, 11) is 0. The Morgan fingerprint density at radius 2 is 2.00 bits per heavy atom. The van der Waals surface area contributed by atoms with Crippen LogP contribution < -0.4 is 0 Å². The lowest BCUT2D eigenvalue weighted by Crippen LogP contribution is -2.36. The molecule has 0 aliphatic carbocycles. The molecule has 1 aliphatic heterocycles. The lowest BCUT2D eigenvalue weighted by atomic mass is 10.1. The number of hydrogen-bond acceptors (Lipinski definition) is 4. The number of aldehydes is 2. The van der Waals surface area contributed by atoms with Gasteiger partial charge in [-0.3, -0.25) is 4.79 Å². The first-order valence-corrected chi connectivity index (χ1v) is 10.2. The molecule has 1 aromatic rings. The summed E-state index contributed by atoms with van der Waals surface area (Å²) in [5, 5.41) is 0. The Morgan fingerprint density at radius 3 is 2.72 bits per heavy atom. The summed E-state index contributed by atoms with van der Waals surface area (Å²) >= 11 is 1.80. The van der Waals surface area contributed by atoms with Gasteiger partial charge in [-0.2, -0.15) is 0 Å². The van der Waals surface area contributed by atoms with E-state index >= 15 is 0 Å². The smallest absolute Gasteiger partial charge is 0.255 e. The quantitative estimate of drug-likeness (QED) is 0.317. The molecule has 5 heteroatoms. The molecule has 0 N–H and O–H groups in total. The molecule has 0 fully saturated rings. The SMILES string of the molecule is CCCCCCCSc1cccc2c1CN(C(C=O)CCC=O)C2=O. The highest BCUT2D eigenvalue weighted by molar-refractivity contribution is 7.99. The standard InChI is InChI=1S/C20H27NO3S/c1-2-3-4-5-6-13-25-19-11-7-10-17-18(19)14-21(20(17)24)16(15-23)9-8-12-22/h7,10-12,15-16H,2-6,8-9,13-14H2,1H3. The molecular formula is C20H27NO3S. The largest absolute Gasteiger partial charge is 0.324 e. The van der Waals surface area contributed by atoms with Crippen LogP contribution in [0.1, 0.15) is 67.8 Å². The van der Waals surface area contributed by atoms with Crippen molar-refractivity contribution in [3.05, 3.63) is 29.3 Å². The van der Waals surface area contributed by atoms with Gasteiger partial charge in [0, 0.05) is 23.4 Å². The second-order valence-electron chi connectivity index (χ2n) is 6.43. The number of fused-ring (bicyclic) bond motifs is 1. The van der Waals surface area contributed by atoms with Gasteiger partial charge in [0.2, 0.25) is 0 Å². The zero-order valence-corrected chi connectivity index (χ0v) is 15.7. The summed E-state index contributed by atoms with van der Waals surface area (Å²) in [4.78, 5) is 37.3. The lowest BCUT2D eigenvalue weighted by Gasteiger charge is -2.22. The van der Waals surface area contributed by atoms with Gasteiger partial charge in [-0.15, -0.1) is 11.8 Å². The van der Waals surface area contributed by atoms with Crippen LogP contribution in [-0.2, 0) is 16.1 Å². The van der Waals surface area contributed by atoms with E-state index in [9.17, 15) is 14.4 Å². The number of nitrogens with zero attached hydrogens (tertiary/aromatic N) is 1. The molecule has 1 aromatic carbocycles. The highest BCUT2D eigenvalue weighted by Crippen LogP contribution is 2.34. The van der Waals surface area contributed by atoms with Gasteiger partial charge in [0.25, 0.3) is 5.91 Å². The van der Waals surface area contributed by atoms with Crippen LogP contribution in [0.5, 0.6) is 0 Å². The number of benzene rings is 1. The summed E-state index contributed by atoms with van der Waals surface area (Å²) in [6.45, 7) is 2.68. The number of unbranched alkanes of at least 4 members (excludes halogenated alkanes) is 4. The van der Waals surface area contributed by atoms with E-state index in [0.29, 0.717) is 24.9 Å². The minimum Gasteiger partial charge on any atom is -0.324 e. The van der Waals surface area contributed by atoms with Crippen LogP contribution in [0, 0.1) is 0 Å². The molecule has 25 heavy (non-hydrogen) atoms. The first-order chi connectivity index (χ1) is 12.2. The van der Waals surface area contributed by atoms with Gasteiger partial charge in [0.15, 0.2) is 0 Å². The zero-order valence-electron chi connectivity index (χ0n) is 14.9. The van der Waals surface area contributed by atoms with E-state index < -0.39 is 6.04 Å². The molecule has 1 aliphatic rings. The van der Waals surface area contributed by atoms with Crippen LogP contribution in [-0.4, -0.2) is 35.2 Å². The molecule has 1 heterocycles. The van der Waals surface area contributed by atoms with Crippen molar-refractivity contribution in [1.82, 2.24) is 4.90 Å². The second kappa shape index (κ2) is 10.4. The fourth-order valence-electron chi connectivity index (χ4n) is 3.15. The summed E-state index contributed by atoms with van der Waals surface area (Å²) < 4.78 is 0. The first kappa shape index (κ1) is 19.7. The predicted octanol–water partition coefficient (Wildman–Crippen LogP) is 4.25. The molecular weight excluding hydrogens is 334 g/mol. The van der Waals surface area contributed by atoms with Crippen LogP contribution in [0.2, 0.25) is 0 Å². The highest BCUT2D eigenvalue weighted by atomic mass is 32.2. The molecule has 0 radical (unpaired) electrons. The van der Waals surface area contributed by atoms with Crippen molar-refractivity contribution >= 4 is 30.2 Å². The maximum Gasteiger partial charge on any atom is 0.255 e. The van der Waals surface area contributed by atoms with Gasteiger partial charge < -0.3 is 14.5 Å². The number of rotatable bonds is 12. The summed E-state index contributed by atoms with van der Waals surface area (Å²) in [6, 6.07) is 5.30. The van der Waals surface area contributed by atoms with Crippen molar-refractivity contribution in [2.24, 2.45) is 0 Å². The minimum atomic E-state index is -0.517. The third kappa shape index (κ3) is 5.18. The number of hydrogen-bond donors (Lipinski definition) is 0. The van der Waals surface area contributed by atoms with Gasteiger partial charge >= 0.3 is 0 Å². The Labute approximate surface area is 154 Å². The summed E-state index contributed by atoms with van der Waals surface area (Å²) in [5.74, 6) is 0.958. The van der Waals surface area contributed by atoms with Crippen molar-refractivity contribution in [2.45, 2.75) is 69.4 Å². The maximum absolute atomic E-state index is 12.6. The van der Waals surface area contributed by atoms with Gasteiger partial charge in [0.1, 0.15) is 12.6 Å². The number of carbonyl (C=O) groups is 3. The average molecular weight is 362 g/mol. The second-order valence-corrected chi connectivity index (χ2v) is 7.56. The van der Waals surface area contributed by atoms with Crippen molar-refractivity contribution in [3.63, 3.8) is 0 Å². The van der Waals surface area contributed by atoms with E-state index in [2.05, 4.69) is 13.0 Å². The van der Waals surface area contributed by atoms with Gasteiger partial charge in [-0.25, -0.2) is 0 Å². The monoisotopic (exact) mass is 361 g/mol. The van der Waals surface area contributed by atoms with E-state index in [1.54, 1.807) is 16.7 Å². The van der Waals surface area contributed by atoms with Gasteiger partial charge in [0.05, 0.1) is 6.04 Å². The van der Waals surface area contributed by atoms with Crippen molar-refractivity contribution in [2.75, 3.05) is 5.75 Å². The van der Waals surface area contributed by atoms with E-state index in [0.717, 1.165) is 28.8 Å². The molecule has 1 unspecified atom stereocenters. The van der Waals surface area contributed by atoms with Gasteiger partial charge in [-0.1, -0.05) is 38.7 Å². The Balaban J connectivity index is 1.99. The third-order valence-corrected chi connectivity index (χ3v) is 5.78. The topological polar surface area (TPSA) is 54.5 Å². The molecule has 1 amide bonds. The first-order valence-electron chi connectivity index (χ1n) is 9.17. The molecule has 0 saturated heterocycles. The molecule has 2 rings (SSSR count). The average Bonchev–Trinajstić information content (AvgIpc) is 2.96. The number of thioether (sulfide) groups is 1. The van der Waals surface area contributed by atoms with Crippen molar-refractivity contribution < 1.29 is 14.4 Å². The van der Waals surface area contributed by atoms with Crippen LogP contribution >= 0.6 is 11.8 Å². The predicted molar refractivity (Wildman–Crippen MR) is 101 cm³/mol. The highest BCUT2D eigenvalue weighted by Gasteiger charge is 2.33. The number of amides is 1. The van der Waals surface area contributed by atoms with Gasteiger partial charge in [-0.05, 0) is 36.3 Å². The Bertz CT molecular complexity index is 603. The summed E-state index contributed by atoms with van der Waals surface area (Å²) in [5.41, 5.74) is 1.73. The van der Waals surface area contributed by atoms with E-state index in [1.165, 1.54) is 32.1 Å². The fourth-order valence-corrected chi connectivity index (χ4v) is 4.24. The summed E-state index contributed by atoms with van der Waals surface area (Å²) in [6.07, 6.45) is 8.53. The fraction of sp³-hybridized carbons (Fsp3) is 0.550.